The molecule has 7 nitrogen and oxygen atoms in total. The van der Waals surface area contributed by atoms with Gasteiger partial charge in [-0.2, -0.15) is 0 Å². The van der Waals surface area contributed by atoms with Gasteiger partial charge in [-0.1, -0.05) is 59.6 Å². The molecule has 1 fully saturated rings. The average Bonchev–Trinajstić information content (AvgIpc) is 3.16. The number of amides is 2. The normalized spacial score (nSPS) is 19.7. The number of aliphatic hydroxyl groups excluding tert-OH is 1. The van der Waals surface area contributed by atoms with Gasteiger partial charge in [-0.15, -0.1) is 0 Å². The molecule has 1 atom stereocenters. The number of piperazine rings is 1. The number of nitrogens with zero attached hydrogens (tertiary/aromatic N) is 3. The largest absolute Gasteiger partial charge is 0.395 e. The quantitative estimate of drug-likeness (QED) is 0.441. The van der Waals surface area contributed by atoms with Crippen LogP contribution in [-0.2, 0) is 21.5 Å². The minimum absolute atomic E-state index is 0.116. The predicted octanol–water partition coefficient (Wildman–Crippen LogP) is 4.03. The monoisotopic (exact) mass is 552 g/mol. The Morgan fingerprint density at radius 2 is 1.63 bits per heavy atom. The van der Waals surface area contributed by atoms with Crippen LogP contribution in [0.15, 0.2) is 72.8 Å². The van der Waals surface area contributed by atoms with E-state index in [2.05, 4.69) is 15.1 Å². The zero-order valence-corrected chi connectivity index (χ0v) is 22.5. The van der Waals surface area contributed by atoms with Crippen LogP contribution < -0.4 is 10.2 Å². The second-order valence-corrected chi connectivity index (χ2v) is 10.6. The number of benzene rings is 3. The third kappa shape index (κ3) is 5.30. The number of anilines is 2. The minimum atomic E-state index is -1.35. The Bertz CT molecular complexity index is 1310. The summed E-state index contributed by atoms with van der Waals surface area (Å²) in [5.41, 5.74) is 1.41. The maximum absolute atomic E-state index is 14.3. The summed E-state index contributed by atoms with van der Waals surface area (Å²) in [6, 6.07) is 22.0. The van der Waals surface area contributed by atoms with Gasteiger partial charge in [0.15, 0.2) is 5.54 Å². The van der Waals surface area contributed by atoms with E-state index in [-0.39, 0.29) is 31.4 Å². The van der Waals surface area contributed by atoms with Crippen molar-refractivity contribution in [2.45, 2.75) is 12.0 Å². The van der Waals surface area contributed by atoms with Gasteiger partial charge in [0, 0.05) is 66.1 Å². The number of carbonyl (C=O) groups is 2. The molecular formula is C29H30Cl2N4O3. The molecule has 0 radical (unpaired) electrons. The van der Waals surface area contributed by atoms with Crippen molar-refractivity contribution in [3.63, 3.8) is 0 Å². The van der Waals surface area contributed by atoms with E-state index < -0.39 is 5.54 Å². The number of rotatable bonds is 8. The summed E-state index contributed by atoms with van der Waals surface area (Å²) in [7, 11) is 0. The second-order valence-electron chi connectivity index (χ2n) is 9.72. The molecule has 2 heterocycles. The Morgan fingerprint density at radius 1 is 0.921 bits per heavy atom. The number of fused-ring (bicyclic) bond motifs is 1. The molecule has 0 saturated carbocycles. The van der Waals surface area contributed by atoms with Gasteiger partial charge in [0.1, 0.15) is 0 Å². The lowest BCUT2D eigenvalue weighted by molar-refractivity contribution is -0.127. The predicted molar refractivity (Wildman–Crippen MR) is 151 cm³/mol. The smallest absolute Gasteiger partial charge is 0.255 e. The van der Waals surface area contributed by atoms with Crippen molar-refractivity contribution in [1.29, 1.82) is 0 Å². The van der Waals surface area contributed by atoms with Crippen LogP contribution in [0.5, 0.6) is 0 Å². The maximum Gasteiger partial charge on any atom is 0.255 e. The number of halogens is 2. The molecule has 2 aliphatic rings. The molecule has 1 saturated heterocycles. The molecule has 0 spiro atoms. The molecule has 1 unspecified atom stereocenters. The highest BCUT2D eigenvalue weighted by molar-refractivity contribution is 6.31. The molecule has 38 heavy (non-hydrogen) atoms. The lowest BCUT2D eigenvalue weighted by atomic mass is 9.82. The number of aliphatic hydroxyl groups is 1. The summed E-state index contributed by atoms with van der Waals surface area (Å²) in [6.45, 7) is 3.85. The fourth-order valence-electron chi connectivity index (χ4n) is 5.48. The van der Waals surface area contributed by atoms with Gasteiger partial charge in [-0.3, -0.25) is 24.3 Å². The highest BCUT2D eigenvalue weighted by atomic mass is 35.5. The maximum atomic E-state index is 14.3. The topological polar surface area (TPSA) is 76.1 Å². The molecule has 3 aromatic carbocycles. The lowest BCUT2D eigenvalue weighted by Crippen LogP contribution is -2.59. The summed E-state index contributed by atoms with van der Waals surface area (Å²) in [6.07, 6.45) is 0.235. The van der Waals surface area contributed by atoms with Crippen LogP contribution in [0.2, 0.25) is 10.0 Å². The molecule has 3 aromatic rings. The van der Waals surface area contributed by atoms with Crippen molar-refractivity contribution < 1.29 is 14.7 Å². The fourth-order valence-corrected chi connectivity index (χ4v) is 5.86. The van der Waals surface area contributed by atoms with Crippen LogP contribution in [0.25, 0.3) is 0 Å². The summed E-state index contributed by atoms with van der Waals surface area (Å²) in [4.78, 5) is 34.3. The lowest BCUT2D eigenvalue weighted by Gasteiger charge is -2.42. The van der Waals surface area contributed by atoms with Crippen molar-refractivity contribution in [3.05, 3.63) is 94.0 Å². The molecule has 0 aromatic heterocycles. The zero-order valence-electron chi connectivity index (χ0n) is 20.9. The fraction of sp³-hybridized carbons (Fsp3) is 0.310. The van der Waals surface area contributed by atoms with E-state index in [4.69, 9.17) is 23.2 Å². The Balaban J connectivity index is 1.58. The van der Waals surface area contributed by atoms with Gasteiger partial charge in [0.2, 0.25) is 5.91 Å². The minimum Gasteiger partial charge on any atom is -0.395 e. The summed E-state index contributed by atoms with van der Waals surface area (Å²) < 4.78 is 0. The third-order valence-electron chi connectivity index (χ3n) is 7.29. The Kier molecular flexibility index (Phi) is 8.02. The number of hydrogen-bond donors (Lipinski definition) is 2. The van der Waals surface area contributed by atoms with Gasteiger partial charge in [-0.05, 0) is 42.0 Å². The van der Waals surface area contributed by atoms with Gasteiger partial charge in [0.25, 0.3) is 5.91 Å². The Morgan fingerprint density at radius 3 is 2.34 bits per heavy atom. The van der Waals surface area contributed by atoms with E-state index in [1.54, 1.807) is 23.1 Å². The van der Waals surface area contributed by atoms with E-state index in [0.29, 0.717) is 46.6 Å². The highest BCUT2D eigenvalue weighted by Gasteiger charge is 2.54. The van der Waals surface area contributed by atoms with Crippen LogP contribution in [0.1, 0.15) is 11.1 Å². The Hall–Kier alpha value is -2.94. The first-order valence-electron chi connectivity index (χ1n) is 12.7. The average molecular weight is 553 g/mol. The van der Waals surface area contributed by atoms with Crippen molar-refractivity contribution in [3.8, 4) is 0 Å². The first-order chi connectivity index (χ1) is 18.4. The SMILES string of the molecule is O=C(CN1CCN(CCO)CC1)N(c1ccccc1)C1(Cc2cccc(Cl)c2)C(=O)Nc2cc(Cl)ccc21. The van der Waals surface area contributed by atoms with Crippen molar-refractivity contribution in [2.24, 2.45) is 0 Å². The molecule has 2 aliphatic heterocycles. The Labute approximate surface area is 232 Å². The van der Waals surface area contributed by atoms with Gasteiger partial charge >= 0.3 is 0 Å². The van der Waals surface area contributed by atoms with E-state index in [0.717, 1.165) is 18.7 Å². The van der Waals surface area contributed by atoms with Gasteiger partial charge in [-0.25, -0.2) is 0 Å². The molecule has 2 amide bonds. The third-order valence-corrected chi connectivity index (χ3v) is 7.76. The van der Waals surface area contributed by atoms with E-state index in [9.17, 15) is 14.7 Å². The first-order valence-corrected chi connectivity index (χ1v) is 13.5. The molecule has 2 N–H and O–H groups in total. The van der Waals surface area contributed by atoms with Crippen LogP contribution in [0, 0.1) is 0 Å². The summed E-state index contributed by atoms with van der Waals surface area (Å²) >= 11 is 12.6. The second kappa shape index (κ2) is 11.4. The first kappa shape index (κ1) is 26.7. The van der Waals surface area contributed by atoms with Crippen LogP contribution in [0.3, 0.4) is 0 Å². The highest BCUT2D eigenvalue weighted by Crippen LogP contribution is 2.46. The molecule has 0 bridgehead atoms. The zero-order chi connectivity index (χ0) is 26.7. The summed E-state index contributed by atoms with van der Waals surface area (Å²) in [5, 5.41) is 13.3. The van der Waals surface area contributed by atoms with E-state index in [1.165, 1.54) is 0 Å². The van der Waals surface area contributed by atoms with Crippen LogP contribution in [-0.4, -0.2) is 72.6 Å². The molecule has 5 rings (SSSR count). The van der Waals surface area contributed by atoms with E-state index >= 15 is 0 Å². The van der Waals surface area contributed by atoms with Crippen molar-refractivity contribution in [2.75, 3.05) is 56.1 Å². The van der Waals surface area contributed by atoms with Crippen molar-refractivity contribution in [1.82, 2.24) is 9.80 Å². The number of carbonyl (C=O) groups excluding carboxylic acids is 2. The van der Waals surface area contributed by atoms with Crippen LogP contribution >= 0.6 is 23.2 Å². The molecule has 9 heteroatoms. The number of β-amino-alcohol motifs (C(OH)–C–C–N with tert-alkyl or cyclic N) is 1. The van der Waals surface area contributed by atoms with Gasteiger partial charge in [0.05, 0.1) is 13.2 Å². The van der Waals surface area contributed by atoms with Gasteiger partial charge < -0.3 is 10.4 Å². The van der Waals surface area contributed by atoms with E-state index in [1.807, 2.05) is 54.6 Å². The van der Waals surface area contributed by atoms with Crippen LogP contribution in [0.4, 0.5) is 11.4 Å². The number of hydrogen-bond acceptors (Lipinski definition) is 5. The molecular weight excluding hydrogens is 523 g/mol. The summed E-state index contributed by atoms with van der Waals surface area (Å²) in [5.74, 6) is -0.466. The molecule has 0 aliphatic carbocycles. The van der Waals surface area contributed by atoms with Crippen molar-refractivity contribution >= 4 is 46.4 Å². The molecule has 198 valence electrons. The number of para-hydroxylation sites is 1. The standard InChI is InChI=1S/C29H30Cl2N4O3/c30-22-6-4-5-21(17-22)19-29(25-10-9-23(31)18-26(25)32-28(29)38)35(24-7-2-1-3-8-24)27(37)20-34-13-11-33(12-14-34)15-16-36/h1-10,17-18,36H,11-16,19-20H2,(H,32,38). The number of nitrogens with one attached hydrogen (secondary N) is 1.